The molecule has 0 bridgehead atoms. The van der Waals surface area contributed by atoms with Crippen LogP contribution in [0.5, 0.6) is 0 Å². The summed E-state index contributed by atoms with van der Waals surface area (Å²) < 4.78 is 58.7. The maximum Gasteiger partial charge on any atom is 0.262 e. The van der Waals surface area contributed by atoms with Gasteiger partial charge in [0.25, 0.3) is 10.0 Å². The smallest absolute Gasteiger partial charge is 0.262 e. The number of rotatable bonds is 7. The minimum Gasteiger partial charge on any atom is -0.373 e. The molecule has 0 unspecified atom stereocenters. The van der Waals surface area contributed by atoms with Crippen LogP contribution in [0, 0.1) is 11.6 Å². The lowest BCUT2D eigenvalue weighted by Crippen LogP contribution is -2.51. The molecule has 0 radical (unpaired) electrons. The molecule has 0 saturated heterocycles. The molecule has 1 aromatic heterocycles. The molecule has 0 aliphatic carbocycles. The molecular formula is C23H29BrF2N2O2SSi. The van der Waals surface area contributed by atoms with Gasteiger partial charge in [0.2, 0.25) is 0 Å². The fourth-order valence-electron chi connectivity index (χ4n) is 5.25. The van der Waals surface area contributed by atoms with Crippen molar-refractivity contribution in [3.05, 3.63) is 58.7 Å². The Hall–Kier alpha value is -1.71. The molecule has 32 heavy (non-hydrogen) atoms. The summed E-state index contributed by atoms with van der Waals surface area (Å²) in [5.41, 5.74) is 1.69. The van der Waals surface area contributed by atoms with Gasteiger partial charge in [-0.25, -0.2) is 17.2 Å². The van der Waals surface area contributed by atoms with Gasteiger partial charge in [0, 0.05) is 11.6 Å². The van der Waals surface area contributed by atoms with E-state index in [0.29, 0.717) is 16.6 Å². The monoisotopic (exact) mass is 542 g/mol. The van der Waals surface area contributed by atoms with Gasteiger partial charge < -0.3 is 4.23 Å². The molecule has 0 spiro atoms. The molecule has 1 N–H and O–H groups in total. The van der Waals surface area contributed by atoms with Crippen molar-refractivity contribution in [2.24, 2.45) is 0 Å². The van der Waals surface area contributed by atoms with Crippen LogP contribution < -0.4 is 4.72 Å². The van der Waals surface area contributed by atoms with Crippen LogP contribution in [0.25, 0.3) is 10.9 Å². The van der Waals surface area contributed by atoms with E-state index in [1.54, 1.807) is 12.1 Å². The van der Waals surface area contributed by atoms with Crippen molar-refractivity contribution >= 4 is 50.8 Å². The Bertz CT molecular complexity index is 1230. The molecule has 1 heterocycles. The van der Waals surface area contributed by atoms with E-state index in [9.17, 15) is 17.2 Å². The summed E-state index contributed by atoms with van der Waals surface area (Å²) in [4.78, 5) is 0.00634. The molecule has 174 valence electrons. The first-order chi connectivity index (χ1) is 14.8. The van der Waals surface area contributed by atoms with Crippen LogP contribution in [0.3, 0.4) is 0 Å². The van der Waals surface area contributed by atoms with E-state index >= 15 is 0 Å². The Morgan fingerprint density at radius 1 is 0.906 bits per heavy atom. The van der Waals surface area contributed by atoms with Gasteiger partial charge in [-0.15, -0.1) is 0 Å². The van der Waals surface area contributed by atoms with E-state index in [-0.39, 0.29) is 9.37 Å². The van der Waals surface area contributed by atoms with E-state index in [1.807, 2.05) is 6.07 Å². The number of hydrogen-bond donors (Lipinski definition) is 1. The van der Waals surface area contributed by atoms with Gasteiger partial charge in [-0.05, 0) is 68.4 Å². The standard InChI is InChI=1S/C23H29BrF2N2O2SSi/c1-14(2)32(15(3)4,16(5)6)28-10-9-17-7-8-18(11-23(17)28)31(29,30)27-22-13-20(25)19(24)12-21(22)26/h7-16,27H,1-6H3. The highest BCUT2D eigenvalue weighted by Crippen LogP contribution is 2.44. The molecule has 0 amide bonds. The van der Waals surface area contributed by atoms with E-state index in [0.717, 1.165) is 23.0 Å². The van der Waals surface area contributed by atoms with E-state index in [2.05, 4.69) is 72.6 Å². The van der Waals surface area contributed by atoms with Crippen molar-refractivity contribution in [3.8, 4) is 0 Å². The third-order valence-electron chi connectivity index (χ3n) is 6.42. The Labute approximate surface area is 198 Å². The zero-order valence-corrected chi connectivity index (χ0v) is 22.5. The highest BCUT2D eigenvalue weighted by atomic mass is 79.9. The maximum atomic E-state index is 14.2. The lowest BCUT2D eigenvalue weighted by molar-refractivity contribution is 0.592. The summed E-state index contributed by atoms with van der Waals surface area (Å²) in [5, 5.41) is 0.948. The van der Waals surface area contributed by atoms with Gasteiger partial charge in [-0.3, -0.25) is 4.72 Å². The molecular weight excluding hydrogens is 514 g/mol. The van der Waals surface area contributed by atoms with Crippen molar-refractivity contribution in [3.63, 3.8) is 0 Å². The summed E-state index contributed by atoms with van der Waals surface area (Å²) >= 11 is 2.90. The fraction of sp³-hybridized carbons (Fsp3) is 0.391. The van der Waals surface area contributed by atoms with Crippen molar-refractivity contribution < 1.29 is 17.2 Å². The van der Waals surface area contributed by atoms with Crippen LogP contribution in [0.4, 0.5) is 14.5 Å². The Morgan fingerprint density at radius 2 is 1.50 bits per heavy atom. The topological polar surface area (TPSA) is 51.1 Å². The van der Waals surface area contributed by atoms with Gasteiger partial charge in [0.1, 0.15) is 11.6 Å². The average molecular weight is 544 g/mol. The van der Waals surface area contributed by atoms with Gasteiger partial charge in [0.15, 0.2) is 8.24 Å². The van der Waals surface area contributed by atoms with Crippen LogP contribution in [-0.4, -0.2) is 20.9 Å². The van der Waals surface area contributed by atoms with Crippen LogP contribution in [0.1, 0.15) is 41.5 Å². The summed E-state index contributed by atoms with van der Waals surface area (Å²) in [5.74, 6) is -1.62. The van der Waals surface area contributed by atoms with E-state index in [1.165, 1.54) is 6.07 Å². The van der Waals surface area contributed by atoms with Gasteiger partial charge in [-0.2, -0.15) is 0 Å². The maximum absolute atomic E-state index is 14.2. The molecule has 2 aromatic carbocycles. The normalized spacial score (nSPS) is 13.0. The molecule has 0 atom stereocenters. The summed E-state index contributed by atoms with van der Waals surface area (Å²) in [7, 11) is -6.24. The first kappa shape index (κ1) is 24.9. The van der Waals surface area contributed by atoms with Crippen LogP contribution >= 0.6 is 15.9 Å². The van der Waals surface area contributed by atoms with Crippen LogP contribution in [0.2, 0.25) is 16.6 Å². The number of nitrogens with zero attached hydrogens (tertiary/aromatic N) is 1. The number of nitrogens with one attached hydrogen (secondary N) is 1. The Balaban J connectivity index is 2.15. The van der Waals surface area contributed by atoms with Gasteiger partial charge in [-0.1, -0.05) is 47.6 Å². The summed E-state index contributed by atoms with van der Waals surface area (Å²) in [6.07, 6.45) is 2.07. The number of benzene rings is 2. The molecule has 4 nitrogen and oxygen atoms in total. The van der Waals surface area contributed by atoms with Crippen molar-refractivity contribution in [1.29, 1.82) is 0 Å². The minimum absolute atomic E-state index is 0.00634. The second-order valence-electron chi connectivity index (χ2n) is 9.11. The highest BCUT2D eigenvalue weighted by Gasteiger charge is 2.45. The lowest BCUT2D eigenvalue weighted by atomic mass is 10.2. The third-order valence-corrected chi connectivity index (χ3v) is 15.2. The van der Waals surface area contributed by atoms with Crippen molar-refractivity contribution in [2.45, 2.75) is 63.1 Å². The molecule has 3 rings (SSSR count). The van der Waals surface area contributed by atoms with Gasteiger partial charge in [0.05, 0.1) is 15.1 Å². The third kappa shape index (κ3) is 4.14. The summed E-state index contributed by atoms with van der Waals surface area (Å²) in [6, 6.07) is 8.63. The molecule has 9 heteroatoms. The number of halogens is 3. The van der Waals surface area contributed by atoms with Crippen molar-refractivity contribution in [1.82, 2.24) is 4.23 Å². The average Bonchev–Trinajstić information content (AvgIpc) is 3.09. The lowest BCUT2D eigenvalue weighted by Gasteiger charge is -2.44. The van der Waals surface area contributed by atoms with Crippen molar-refractivity contribution in [2.75, 3.05) is 4.72 Å². The predicted octanol–water partition coefficient (Wildman–Crippen LogP) is 7.51. The first-order valence-corrected chi connectivity index (χ1v) is 15.1. The van der Waals surface area contributed by atoms with Crippen LogP contribution in [0.15, 0.2) is 52.0 Å². The van der Waals surface area contributed by atoms with Gasteiger partial charge >= 0.3 is 0 Å². The molecule has 0 saturated carbocycles. The minimum atomic E-state index is -4.13. The molecule has 0 fully saturated rings. The number of hydrogen-bond acceptors (Lipinski definition) is 2. The zero-order chi connectivity index (χ0) is 24.0. The second-order valence-corrected chi connectivity index (χ2v) is 17.4. The fourth-order valence-corrected chi connectivity index (χ4v) is 13.3. The highest BCUT2D eigenvalue weighted by molar-refractivity contribution is 9.10. The number of sulfonamides is 1. The Morgan fingerprint density at radius 3 is 2.06 bits per heavy atom. The molecule has 0 aliphatic heterocycles. The zero-order valence-electron chi connectivity index (χ0n) is 19.1. The molecule has 3 aromatic rings. The predicted molar refractivity (Wildman–Crippen MR) is 133 cm³/mol. The SMILES string of the molecule is CC(C)[Si](C(C)C)(C(C)C)n1ccc2ccc(S(=O)(=O)Nc3cc(F)c(Br)cc3F)cc21. The number of fused-ring (bicyclic) bond motifs is 1. The molecule has 0 aliphatic rings. The Kier molecular flexibility index (Phi) is 6.94. The summed E-state index contributed by atoms with van der Waals surface area (Å²) in [6.45, 7) is 13.4. The van der Waals surface area contributed by atoms with E-state index in [4.69, 9.17) is 0 Å². The van der Waals surface area contributed by atoms with E-state index < -0.39 is 35.6 Å². The largest absolute Gasteiger partial charge is 0.373 e. The quantitative estimate of drug-likeness (QED) is 0.248. The number of anilines is 1. The first-order valence-electron chi connectivity index (χ1n) is 10.6. The van der Waals surface area contributed by atoms with Crippen LogP contribution in [-0.2, 0) is 10.0 Å². The number of aromatic nitrogens is 1. The second kappa shape index (κ2) is 8.91.